The summed E-state index contributed by atoms with van der Waals surface area (Å²) < 4.78 is 37.1. The molecule has 0 saturated heterocycles. The predicted molar refractivity (Wildman–Crippen MR) is 73.9 cm³/mol. The Morgan fingerprint density at radius 2 is 1.65 bits per heavy atom. The standard InChI is InChI=1S/C15H12FNO2S/c16-15-3-1-2-14(8-15)11-20(18,19)10-13-6-4-12(9-17)5-7-13/h1-8H,10-11H2. The highest BCUT2D eigenvalue weighted by molar-refractivity contribution is 7.89. The van der Waals surface area contributed by atoms with Crippen LogP contribution in [-0.4, -0.2) is 8.42 Å². The van der Waals surface area contributed by atoms with Crippen molar-refractivity contribution >= 4 is 9.84 Å². The molecule has 2 aromatic carbocycles. The first-order valence-electron chi connectivity index (χ1n) is 5.92. The van der Waals surface area contributed by atoms with Crippen LogP contribution in [0.25, 0.3) is 0 Å². The zero-order valence-electron chi connectivity index (χ0n) is 10.6. The van der Waals surface area contributed by atoms with E-state index in [1.165, 1.54) is 18.2 Å². The van der Waals surface area contributed by atoms with E-state index in [0.29, 0.717) is 16.7 Å². The Hall–Kier alpha value is -2.19. The molecule has 2 rings (SSSR count). The van der Waals surface area contributed by atoms with Crippen LogP contribution in [-0.2, 0) is 21.3 Å². The maximum absolute atomic E-state index is 13.0. The van der Waals surface area contributed by atoms with Crippen molar-refractivity contribution in [3.05, 3.63) is 71.0 Å². The molecule has 0 saturated carbocycles. The molecular weight excluding hydrogens is 277 g/mol. The molecule has 102 valence electrons. The molecule has 0 unspecified atom stereocenters. The van der Waals surface area contributed by atoms with Crippen LogP contribution in [0.4, 0.5) is 4.39 Å². The minimum absolute atomic E-state index is 0.130. The second-order valence-corrected chi connectivity index (χ2v) is 6.54. The van der Waals surface area contributed by atoms with Gasteiger partial charge in [0.1, 0.15) is 5.82 Å². The highest BCUT2D eigenvalue weighted by atomic mass is 32.2. The molecule has 2 aromatic rings. The number of benzene rings is 2. The first-order chi connectivity index (χ1) is 9.48. The van der Waals surface area contributed by atoms with Gasteiger partial charge in [-0.25, -0.2) is 12.8 Å². The monoisotopic (exact) mass is 289 g/mol. The molecule has 0 N–H and O–H groups in total. The van der Waals surface area contributed by atoms with E-state index in [0.717, 1.165) is 0 Å². The van der Waals surface area contributed by atoms with Gasteiger partial charge in [-0.2, -0.15) is 5.26 Å². The summed E-state index contributed by atoms with van der Waals surface area (Å²) in [6, 6.07) is 13.9. The molecule has 5 heteroatoms. The van der Waals surface area contributed by atoms with E-state index in [2.05, 4.69) is 0 Å². The van der Waals surface area contributed by atoms with E-state index < -0.39 is 15.7 Å². The van der Waals surface area contributed by atoms with Crippen LogP contribution in [0.15, 0.2) is 48.5 Å². The van der Waals surface area contributed by atoms with Gasteiger partial charge in [0.2, 0.25) is 0 Å². The van der Waals surface area contributed by atoms with Crippen LogP contribution in [0.2, 0.25) is 0 Å². The van der Waals surface area contributed by atoms with Gasteiger partial charge in [0, 0.05) is 0 Å². The van der Waals surface area contributed by atoms with Crippen LogP contribution < -0.4 is 0 Å². The summed E-state index contributed by atoms with van der Waals surface area (Å²) in [6.07, 6.45) is 0. The van der Waals surface area contributed by atoms with Crippen molar-refractivity contribution in [1.82, 2.24) is 0 Å². The lowest BCUT2D eigenvalue weighted by atomic mass is 10.2. The summed E-state index contributed by atoms with van der Waals surface area (Å²) in [5.41, 5.74) is 1.52. The maximum Gasteiger partial charge on any atom is 0.158 e. The summed E-state index contributed by atoms with van der Waals surface area (Å²) in [5.74, 6) is -0.781. The van der Waals surface area contributed by atoms with E-state index >= 15 is 0 Å². The third-order valence-electron chi connectivity index (χ3n) is 2.75. The third kappa shape index (κ3) is 3.90. The molecule has 0 aliphatic carbocycles. The molecule has 0 aliphatic rings. The summed E-state index contributed by atoms with van der Waals surface area (Å²) >= 11 is 0. The predicted octanol–water partition coefficient (Wildman–Crippen LogP) is 2.81. The second kappa shape index (κ2) is 5.85. The summed E-state index contributed by atoms with van der Waals surface area (Å²) in [5, 5.41) is 8.68. The fraction of sp³-hybridized carbons (Fsp3) is 0.133. The summed E-state index contributed by atoms with van der Waals surface area (Å²) in [6.45, 7) is 0. The Kier molecular flexibility index (Phi) is 4.16. The van der Waals surface area contributed by atoms with Crippen molar-refractivity contribution < 1.29 is 12.8 Å². The Morgan fingerprint density at radius 3 is 2.25 bits per heavy atom. The van der Waals surface area contributed by atoms with E-state index in [-0.39, 0.29) is 11.5 Å². The number of hydrogen-bond acceptors (Lipinski definition) is 3. The molecule has 3 nitrogen and oxygen atoms in total. The van der Waals surface area contributed by atoms with Gasteiger partial charge in [-0.1, -0.05) is 24.3 Å². The molecule has 0 fully saturated rings. The van der Waals surface area contributed by atoms with Crippen molar-refractivity contribution in [2.45, 2.75) is 11.5 Å². The molecular formula is C15H12FNO2S. The number of sulfone groups is 1. The number of rotatable bonds is 4. The highest BCUT2D eigenvalue weighted by Gasteiger charge is 2.13. The lowest BCUT2D eigenvalue weighted by Crippen LogP contribution is -2.07. The van der Waals surface area contributed by atoms with Gasteiger partial charge in [0.05, 0.1) is 23.1 Å². The van der Waals surface area contributed by atoms with Gasteiger partial charge >= 0.3 is 0 Å². The van der Waals surface area contributed by atoms with Gasteiger partial charge in [-0.15, -0.1) is 0 Å². The third-order valence-corrected chi connectivity index (χ3v) is 4.29. The Labute approximate surface area is 117 Å². The van der Waals surface area contributed by atoms with Crippen LogP contribution in [0.1, 0.15) is 16.7 Å². The smallest absolute Gasteiger partial charge is 0.158 e. The van der Waals surface area contributed by atoms with E-state index in [1.54, 1.807) is 30.3 Å². The number of hydrogen-bond donors (Lipinski definition) is 0. The zero-order chi connectivity index (χ0) is 14.6. The molecule has 0 spiro atoms. The number of halogens is 1. The van der Waals surface area contributed by atoms with Gasteiger partial charge in [0.15, 0.2) is 9.84 Å². The van der Waals surface area contributed by atoms with Crippen molar-refractivity contribution in [2.24, 2.45) is 0 Å². The first kappa shape index (κ1) is 14.2. The largest absolute Gasteiger partial charge is 0.228 e. The average Bonchev–Trinajstić information content (AvgIpc) is 2.38. The number of nitriles is 1. The van der Waals surface area contributed by atoms with Gasteiger partial charge in [-0.05, 0) is 35.4 Å². The highest BCUT2D eigenvalue weighted by Crippen LogP contribution is 2.14. The zero-order valence-corrected chi connectivity index (χ0v) is 11.4. The second-order valence-electron chi connectivity index (χ2n) is 4.47. The SMILES string of the molecule is N#Cc1ccc(CS(=O)(=O)Cc2cccc(F)c2)cc1. The van der Waals surface area contributed by atoms with Crippen molar-refractivity contribution in [2.75, 3.05) is 0 Å². The topological polar surface area (TPSA) is 57.9 Å². The molecule has 0 bridgehead atoms. The van der Waals surface area contributed by atoms with Crippen molar-refractivity contribution in [3.63, 3.8) is 0 Å². The summed E-state index contributed by atoms with van der Waals surface area (Å²) in [4.78, 5) is 0. The van der Waals surface area contributed by atoms with E-state index in [9.17, 15) is 12.8 Å². The summed E-state index contributed by atoms with van der Waals surface area (Å²) in [7, 11) is -3.37. The van der Waals surface area contributed by atoms with Crippen LogP contribution >= 0.6 is 0 Å². The normalized spacial score (nSPS) is 11.0. The quantitative estimate of drug-likeness (QED) is 0.869. The Bertz CT molecular complexity index is 746. The minimum atomic E-state index is -3.37. The fourth-order valence-corrected chi connectivity index (χ4v) is 3.35. The fourth-order valence-electron chi connectivity index (χ4n) is 1.86. The van der Waals surface area contributed by atoms with E-state index in [4.69, 9.17) is 5.26 Å². The Morgan fingerprint density at radius 1 is 1.00 bits per heavy atom. The minimum Gasteiger partial charge on any atom is -0.228 e. The van der Waals surface area contributed by atoms with Crippen LogP contribution in [0.5, 0.6) is 0 Å². The Balaban J connectivity index is 2.13. The first-order valence-corrected chi connectivity index (χ1v) is 7.74. The molecule has 0 radical (unpaired) electrons. The van der Waals surface area contributed by atoms with Crippen LogP contribution in [0, 0.1) is 17.1 Å². The van der Waals surface area contributed by atoms with E-state index in [1.807, 2.05) is 6.07 Å². The average molecular weight is 289 g/mol. The molecule has 20 heavy (non-hydrogen) atoms. The lowest BCUT2D eigenvalue weighted by molar-refractivity contribution is 0.594. The van der Waals surface area contributed by atoms with Crippen molar-refractivity contribution in [3.8, 4) is 6.07 Å². The molecule has 0 atom stereocenters. The molecule has 0 heterocycles. The van der Waals surface area contributed by atoms with Crippen LogP contribution in [0.3, 0.4) is 0 Å². The lowest BCUT2D eigenvalue weighted by Gasteiger charge is -2.05. The van der Waals surface area contributed by atoms with Crippen molar-refractivity contribution in [1.29, 1.82) is 5.26 Å². The number of nitrogens with zero attached hydrogens (tertiary/aromatic N) is 1. The molecule has 0 amide bonds. The van der Waals surface area contributed by atoms with Gasteiger partial charge < -0.3 is 0 Å². The molecule has 0 aromatic heterocycles. The molecule has 0 aliphatic heterocycles. The van der Waals surface area contributed by atoms with Gasteiger partial charge in [-0.3, -0.25) is 0 Å². The maximum atomic E-state index is 13.0. The van der Waals surface area contributed by atoms with Gasteiger partial charge in [0.25, 0.3) is 0 Å².